The number of hydrogen-bond acceptors (Lipinski definition) is 3. The summed E-state index contributed by atoms with van der Waals surface area (Å²) in [5, 5.41) is 6.25. The standard InChI is InChI=1S/C12H20N4O/c1-9-3-2-5-14-11(9)12(17)15-6-4-10-7-13-8-16-10/h7-9,11,14H,2-6H2,1H3,(H,13,16)(H,15,17). The van der Waals surface area contributed by atoms with Gasteiger partial charge in [-0.25, -0.2) is 4.98 Å². The number of imidazole rings is 1. The SMILES string of the molecule is CC1CCCNC1C(=O)NCCc1cnc[nH]1. The third kappa shape index (κ3) is 3.30. The van der Waals surface area contributed by atoms with Crippen LogP contribution in [-0.4, -0.2) is 35.0 Å². The van der Waals surface area contributed by atoms with E-state index < -0.39 is 0 Å². The van der Waals surface area contributed by atoms with E-state index in [4.69, 9.17) is 0 Å². The molecule has 0 aromatic carbocycles. The Balaban J connectivity index is 1.73. The van der Waals surface area contributed by atoms with E-state index in [0.29, 0.717) is 12.5 Å². The van der Waals surface area contributed by atoms with Gasteiger partial charge in [0.25, 0.3) is 0 Å². The highest BCUT2D eigenvalue weighted by Gasteiger charge is 2.26. The summed E-state index contributed by atoms with van der Waals surface area (Å²) in [6.07, 6.45) is 6.53. The van der Waals surface area contributed by atoms with Crippen LogP contribution in [0.2, 0.25) is 0 Å². The Morgan fingerprint density at radius 3 is 3.24 bits per heavy atom. The Labute approximate surface area is 101 Å². The van der Waals surface area contributed by atoms with Gasteiger partial charge in [0.05, 0.1) is 12.4 Å². The molecule has 3 N–H and O–H groups in total. The Hall–Kier alpha value is -1.36. The number of nitrogens with one attached hydrogen (secondary N) is 3. The third-order valence-electron chi connectivity index (χ3n) is 3.30. The van der Waals surface area contributed by atoms with Crippen molar-refractivity contribution in [3.8, 4) is 0 Å². The van der Waals surface area contributed by atoms with Crippen LogP contribution in [0.4, 0.5) is 0 Å². The lowest BCUT2D eigenvalue weighted by atomic mass is 9.92. The lowest BCUT2D eigenvalue weighted by molar-refractivity contribution is -0.124. The molecule has 1 aliphatic rings. The molecular formula is C12H20N4O. The highest BCUT2D eigenvalue weighted by molar-refractivity contribution is 5.82. The van der Waals surface area contributed by atoms with Gasteiger partial charge in [-0.3, -0.25) is 4.79 Å². The number of rotatable bonds is 4. The molecule has 2 unspecified atom stereocenters. The molecular weight excluding hydrogens is 216 g/mol. The molecule has 0 radical (unpaired) electrons. The summed E-state index contributed by atoms with van der Waals surface area (Å²) in [5.41, 5.74) is 1.05. The smallest absolute Gasteiger partial charge is 0.237 e. The first-order chi connectivity index (χ1) is 8.27. The molecule has 0 saturated carbocycles. The molecule has 2 atom stereocenters. The number of piperidine rings is 1. The van der Waals surface area contributed by atoms with Crippen molar-refractivity contribution in [2.75, 3.05) is 13.1 Å². The van der Waals surface area contributed by atoms with Gasteiger partial charge in [-0.2, -0.15) is 0 Å². The maximum atomic E-state index is 11.9. The second-order valence-electron chi connectivity index (χ2n) is 4.67. The van der Waals surface area contributed by atoms with E-state index in [1.807, 2.05) is 0 Å². The van der Waals surface area contributed by atoms with Crippen LogP contribution < -0.4 is 10.6 Å². The van der Waals surface area contributed by atoms with Gasteiger partial charge in [0, 0.05) is 24.9 Å². The van der Waals surface area contributed by atoms with Gasteiger partial charge in [0.1, 0.15) is 0 Å². The molecule has 0 aliphatic carbocycles. The number of carbonyl (C=O) groups is 1. The molecule has 1 aromatic heterocycles. The minimum absolute atomic E-state index is 0.0227. The summed E-state index contributed by atoms with van der Waals surface area (Å²) in [6, 6.07) is -0.0227. The van der Waals surface area contributed by atoms with E-state index in [2.05, 4.69) is 27.5 Å². The predicted molar refractivity (Wildman–Crippen MR) is 65.5 cm³/mol. The molecule has 5 heteroatoms. The molecule has 1 aromatic rings. The zero-order valence-corrected chi connectivity index (χ0v) is 10.2. The van der Waals surface area contributed by atoms with Gasteiger partial charge in [-0.05, 0) is 25.3 Å². The second kappa shape index (κ2) is 5.82. The van der Waals surface area contributed by atoms with Crippen LogP contribution in [0, 0.1) is 5.92 Å². The summed E-state index contributed by atoms with van der Waals surface area (Å²) in [5.74, 6) is 0.549. The van der Waals surface area contributed by atoms with Crippen LogP contribution in [0.15, 0.2) is 12.5 Å². The fourth-order valence-corrected chi connectivity index (χ4v) is 2.25. The monoisotopic (exact) mass is 236 g/mol. The predicted octanol–water partition coefficient (Wildman–Crippen LogP) is 0.457. The maximum absolute atomic E-state index is 11.9. The van der Waals surface area contributed by atoms with Gasteiger partial charge in [0.15, 0.2) is 0 Å². The lowest BCUT2D eigenvalue weighted by Gasteiger charge is -2.28. The Morgan fingerprint density at radius 1 is 1.65 bits per heavy atom. The molecule has 2 rings (SSSR count). The second-order valence-corrected chi connectivity index (χ2v) is 4.67. The Kier molecular flexibility index (Phi) is 4.14. The number of aromatic amines is 1. The minimum atomic E-state index is -0.0227. The molecule has 1 fully saturated rings. The molecule has 94 valence electrons. The summed E-state index contributed by atoms with van der Waals surface area (Å²) in [6.45, 7) is 3.74. The summed E-state index contributed by atoms with van der Waals surface area (Å²) >= 11 is 0. The largest absolute Gasteiger partial charge is 0.354 e. The fourth-order valence-electron chi connectivity index (χ4n) is 2.25. The fraction of sp³-hybridized carbons (Fsp3) is 0.667. The average molecular weight is 236 g/mol. The van der Waals surface area contributed by atoms with E-state index in [1.165, 1.54) is 6.42 Å². The van der Waals surface area contributed by atoms with Crippen LogP contribution in [0.3, 0.4) is 0 Å². The molecule has 1 aliphatic heterocycles. The minimum Gasteiger partial charge on any atom is -0.354 e. The number of nitrogens with zero attached hydrogens (tertiary/aromatic N) is 1. The van der Waals surface area contributed by atoms with Gasteiger partial charge < -0.3 is 15.6 Å². The van der Waals surface area contributed by atoms with E-state index in [-0.39, 0.29) is 11.9 Å². The first kappa shape index (κ1) is 12.1. The number of aromatic nitrogens is 2. The zero-order valence-electron chi connectivity index (χ0n) is 10.2. The average Bonchev–Trinajstić information content (AvgIpc) is 2.82. The van der Waals surface area contributed by atoms with E-state index in [0.717, 1.165) is 25.1 Å². The zero-order chi connectivity index (χ0) is 12.1. The van der Waals surface area contributed by atoms with Gasteiger partial charge in [-0.15, -0.1) is 0 Å². The molecule has 0 bridgehead atoms. The van der Waals surface area contributed by atoms with Crippen LogP contribution in [0.5, 0.6) is 0 Å². The first-order valence-corrected chi connectivity index (χ1v) is 6.25. The van der Waals surface area contributed by atoms with Crippen molar-refractivity contribution in [3.05, 3.63) is 18.2 Å². The van der Waals surface area contributed by atoms with Crippen LogP contribution >= 0.6 is 0 Å². The topological polar surface area (TPSA) is 69.8 Å². The number of H-pyrrole nitrogens is 1. The van der Waals surface area contributed by atoms with Gasteiger partial charge >= 0.3 is 0 Å². The highest BCUT2D eigenvalue weighted by Crippen LogP contribution is 2.15. The quantitative estimate of drug-likeness (QED) is 0.711. The number of hydrogen-bond donors (Lipinski definition) is 3. The maximum Gasteiger partial charge on any atom is 0.237 e. The lowest BCUT2D eigenvalue weighted by Crippen LogP contribution is -2.51. The van der Waals surface area contributed by atoms with E-state index in [1.54, 1.807) is 12.5 Å². The summed E-state index contributed by atoms with van der Waals surface area (Å²) in [7, 11) is 0. The summed E-state index contributed by atoms with van der Waals surface area (Å²) < 4.78 is 0. The van der Waals surface area contributed by atoms with Crippen molar-refractivity contribution in [1.29, 1.82) is 0 Å². The molecule has 17 heavy (non-hydrogen) atoms. The highest BCUT2D eigenvalue weighted by atomic mass is 16.2. The molecule has 1 saturated heterocycles. The third-order valence-corrected chi connectivity index (χ3v) is 3.30. The molecule has 2 heterocycles. The van der Waals surface area contributed by atoms with Crippen LogP contribution in [0.25, 0.3) is 0 Å². The van der Waals surface area contributed by atoms with Crippen molar-refractivity contribution in [2.24, 2.45) is 5.92 Å². The number of carbonyl (C=O) groups excluding carboxylic acids is 1. The number of amides is 1. The van der Waals surface area contributed by atoms with Gasteiger partial charge in [-0.1, -0.05) is 6.92 Å². The Morgan fingerprint density at radius 2 is 2.53 bits per heavy atom. The molecule has 1 amide bonds. The normalized spacial score (nSPS) is 24.5. The first-order valence-electron chi connectivity index (χ1n) is 6.25. The Bertz CT molecular complexity index is 349. The van der Waals surface area contributed by atoms with Crippen molar-refractivity contribution < 1.29 is 4.79 Å². The molecule has 0 spiro atoms. The van der Waals surface area contributed by atoms with Gasteiger partial charge in [0.2, 0.25) is 5.91 Å². The van der Waals surface area contributed by atoms with Crippen molar-refractivity contribution in [2.45, 2.75) is 32.2 Å². The summed E-state index contributed by atoms with van der Waals surface area (Å²) in [4.78, 5) is 18.9. The van der Waals surface area contributed by atoms with Crippen molar-refractivity contribution >= 4 is 5.91 Å². The van der Waals surface area contributed by atoms with Crippen LogP contribution in [-0.2, 0) is 11.2 Å². The van der Waals surface area contributed by atoms with E-state index in [9.17, 15) is 4.79 Å². The molecule has 5 nitrogen and oxygen atoms in total. The van der Waals surface area contributed by atoms with E-state index >= 15 is 0 Å². The van der Waals surface area contributed by atoms with Crippen LogP contribution in [0.1, 0.15) is 25.5 Å². The van der Waals surface area contributed by atoms with Crippen molar-refractivity contribution in [1.82, 2.24) is 20.6 Å². The van der Waals surface area contributed by atoms with Crippen molar-refractivity contribution in [3.63, 3.8) is 0 Å².